The topological polar surface area (TPSA) is 79.3 Å². The molecule has 3 heterocycles. The van der Waals surface area contributed by atoms with E-state index >= 15 is 0 Å². The van der Waals surface area contributed by atoms with Gasteiger partial charge in [0, 0.05) is 31.1 Å². The highest BCUT2D eigenvalue weighted by Gasteiger charge is 2.50. The summed E-state index contributed by atoms with van der Waals surface area (Å²) in [5.41, 5.74) is 0.443. The number of ether oxygens (including phenoxy) is 2. The number of amides is 1. The Labute approximate surface area is 215 Å². The van der Waals surface area contributed by atoms with Crippen molar-refractivity contribution in [3.05, 3.63) is 29.3 Å². The Balaban J connectivity index is 1.69. The van der Waals surface area contributed by atoms with Gasteiger partial charge < -0.3 is 19.5 Å². The van der Waals surface area contributed by atoms with Gasteiger partial charge in [-0.1, -0.05) is 20.3 Å². The van der Waals surface area contributed by atoms with Crippen LogP contribution in [-0.2, 0) is 14.3 Å². The number of likely N-dealkylation sites (tertiary alicyclic amines) is 2. The molecule has 1 aromatic rings. The van der Waals surface area contributed by atoms with Crippen LogP contribution in [0.3, 0.4) is 0 Å². The molecule has 2 fully saturated rings. The Morgan fingerprint density at radius 3 is 2.36 bits per heavy atom. The number of rotatable bonds is 6. The van der Waals surface area contributed by atoms with Gasteiger partial charge in [-0.05, 0) is 83.2 Å². The predicted octanol–water partition coefficient (Wildman–Crippen LogP) is 5.07. The molecule has 1 amide bonds. The van der Waals surface area contributed by atoms with Crippen molar-refractivity contribution in [2.24, 2.45) is 5.92 Å². The molecule has 1 N–H and O–H groups in total. The van der Waals surface area contributed by atoms with E-state index in [0.717, 1.165) is 58.3 Å². The van der Waals surface area contributed by atoms with Crippen LogP contribution >= 0.6 is 0 Å². The molecule has 2 atom stereocenters. The Hall–Kier alpha value is -2.54. The van der Waals surface area contributed by atoms with Crippen LogP contribution in [0.4, 0.5) is 0 Å². The molecule has 3 aliphatic rings. The first kappa shape index (κ1) is 26.5. The maximum absolute atomic E-state index is 12.8. The Morgan fingerprint density at radius 1 is 1.08 bits per heavy atom. The third-order valence-corrected chi connectivity index (χ3v) is 7.54. The van der Waals surface area contributed by atoms with Gasteiger partial charge in [-0.3, -0.25) is 14.5 Å². The Kier molecular flexibility index (Phi) is 8.28. The molecule has 0 aliphatic carbocycles. The number of esters is 1. The second-order valence-corrected chi connectivity index (χ2v) is 11.4. The first-order chi connectivity index (χ1) is 17.2. The molecule has 0 spiro atoms. The maximum Gasteiger partial charge on any atom is 0.306 e. The standard InChI is InChI=1S/C29H42N2O5/c1-20(2)19-24(33)35-28-26(31-17-9-6-10-18-31)25-22(36-29(28,3)4)13-11-21(27(25)34)12-14-23(32)30-15-7-5-8-16-30/h11-14,20,26,28,34H,5-10,15-19H2,1-4H3/b14-12+/t26-,28-/m0/s1. The van der Waals surface area contributed by atoms with Crippen molar-refractivity contribution in [1.82, 2.24) is 9.80 Å². The number of hydrogen-bond donors (Lipinski definition) is 1. The predicted molar refractivity (Wildman–Crippen MR) is 140 cm³/mol. The normalized spacial score (nSPS) is 24.4. The summed E-state index contributed by atoms with van der Waals surface area (Å²) in [5, 5.41) is 11.5. The minimum absolute atomic E-state index is 0.0303. The molecule has 0 unspecified atom stereocenters. The van der Waals surface area contributed by atoms with Crippen LogP contribution in [0.2, 0.25) is 0 Å². The van der Waals surface area contributed by atoms with E-state index in [1.54, 1.807) is 18.2 Å². The van der Waals surface area contributed by atoms with E-state index in [1.807, 2.05) is 38.7 Å². The number of hydrogen-bond acceptors (Lipinski definition) is 6. The summed E-state index contributed by atoms with van der Waals surface area (Å²) in [6, 6.07) is 3.33. The minimum Gasteiger partial charge on any atom is -0.507 e. The average Bonchev–Trinajstić information content (AvgIpc) is 2.84. The van der Waals surface area contributed by atoms with Gasteiger partial charge >= 0.3 is 5.97 Å². The summed E-state index contributed by atoms with van der Waals surface area (Å²) >= 11 is 0. The lowest BCUT2D eigenvalue weighted by Gasteiger charge is -2.48. The van der Waals surface area contributed by atoms with Gasteiger partial charge in [0.15, 0.2) is 6.10 Å². The van der Waals surface area contributed by atoms with Gasteiger partial charge in [0.1, 0.15) is 17.1 Å². The summed E-state index contributed by atoms with van der Waals surface area (Å²) in [6.07, 6.45) is 9.52. The molecule has 0 saturated carbocycles. The zero-order valence-corrected chi connectivity index (χ0v) is 22.3. The average molecular weight is 499 g/mol. The number of fused-ring (bicyclic) bond motifs is 1. The number of aromatic hydroxyl groups is 1. The highest BCUT2D eigenvalue weighted by Crippen LogP contribution is 2.50. The van der Waals surface area contributed by atoms with Gasteiger partial charge in [0.2, 0.25) is 5.91 Å². The SMILES string of the molecule is CC(C)CC(=O)O[C@H]1[C@@H](N2CCCCC2)c2c(ccc(/C=C/C(=O)N3CCCCC3)c2O)OC1(C)C. The van der Waals surface area contributed by atoms with Crippen LogP contribution in [0.25, 0.3) is 6.08 Å². The third-order valence-electron chi connectivity index (χ3n) is 7.54. The van der Waals surface area contributed by atoms with Crippen LogP contribution in [0.1, 0.15) is 89.8 Å². The van der Waals surface area contributed by atoms with E-state index in [-0.39, 0.29) is 29.6 Å². The van der Waals surface area contributed by atoms with E-state index in [9.17, 15) is 14.7 Å². The van der Waals surface area contributed by atoms with E-state index in [1.165, 1.54) is 6.42 Å². The second-order valence-electron chi connectivity index (χ2n) is 11.4. The summed E-state index contributed by atoms with van der Waals surface area (Å²) in [5.74, 6) is 0.598. The van der Waals surface area contributed by atoms with Gasteiger partial charge in [0.05, 0.1) is 11.6 Å². The molecule has 0 radical (unpaired) electrons. The van der Waals surface area contributed by atoms with Gasteiger partial charge in [-0.25, -0.2) is 0 Å². The number of nitrogens with zero attached hydrogens (tertiary/aromatic N) is 2. The number of carbonyl (C=O) groups is 2. The van der Waals surface area contributed by atoms with Crippen molar-refractivity contribution >= 4 is 18.0 Å². The largest absolute Gasteiger partial charge is 0.507 e. The second kappa shape index (κ2) is 11.2. The van der Waals surface area contributed by atoms with Crippen molar-refractivity contribution in [2.75, 3.05) is 26.2 Å². The van der Waals surface area contributed by atoms with Crippen LogP contribution in [0, 0.1) is 5.92 Å². The molecule has 7 heteroatoms. The maximum atomic E-state index is 12.8. The number of phenolic OH excluding ortho intramolecular Hbond substituents is 1. The number of carbonyl (C=O) groups excluding carboxylic acids is 2. The van der Waals surface area contributed by atoms with Gasteiger partial charge in [0.25, 0.3) is 0 Å². The number of benzene rings is 1. The van der Waals surface area contributed by atoms with Crippen molar-refractivity contribution in [3.8, 4) is 11.5 Å². The third kappa shape index (κ3) is 5.88. The fourth-order valence-corrected chi connectivity index (χ4v) is 5.67. The molecule has 4 rings (SSSR count). The van der Waals surface area contributed by atoms with Crippen molar-refractivity contribution < 1.29 is 24.2 Å². The molecule has 36 heavy (non-hydrogen) atoms. The van der Waals surface area contributed by atoms with Gasteiger partial charge in [-0.2, -0.15) is 0 Å². The molecule has 2 saturated heterocycles. The fraction of sp³-hybridized carbons (Fsp3) is 0.655. The fourth-order valence-electron chi connectivity index (χ4n) is 5.67. The molecular weight excluding hydrogens is 456 g/mol. The molecular formula is C29H42N2O5. The molecule has 3 aliphatic heterocycles. The molecule has 7 nitrogen and oxygen atoms in total. The van der Waals surface area contributed by atoms with E-state index in [2.05, 4.69) is 4.90 Å². The lowest BCUT2D eigenvalue weighted by molar-refractivity contribution is -0.173. The lowest BCUT2D eigenvalue weighted by Crippen LogP contribution is -2.56. The molecule has 0 bridgehead atoms. The first-order valence-corrected chi connectivity index (χ1v) is 13.6. The van der Waals surface area contributed by atoms with Crippen molar-refractivity contribution in [3.63, 3.8) is 0 Å². The van der Waals surface area contributed by atoms with E-state index < -0.39 is 11.7 Å². The van der Waals surface area contributed by atoms with E-state index in [0.29, 0.717) is 23.3 Å². The summed E-state index contributed by atoms with van der Waals surface area (Å²) in [6.45, 7) is 11.2. The van der Waals surface area contributed by atoms with E-state index in [4.69, 9.17) is 9.47 Å². The number of phenols is 1. The van der Waals surface area contributed by atoms with Crippen LogP contribution < -0.4 is 4.74 Å². The lowest BCUT2D eigenvalue weighted by atomic mass is 9.83. The van der Waals surface area contributed by atoms with Crippen molar-refractivity contribution in [1.29, 1.82) is 0 Å². The zero-order valence-electron chi connectivity index (χ0n) is 22.3. The summed E-state index contributed by atoms with van der Waals surface area (Å²) in [7, 11) is 0. The Morgan fingerprint density at radius 2 is 1.72 bits per heavy atom. The van der Waals surface area contributed by atoms with Crippen LogP contribution in [-0.4, -0.2) is 64.7 Å². The van der Waals surface area contributed by atoms with Crippen LogP contribution in [0.15, 0.2) is 18.2 Å². The van der Waals surface area contributed by atoms with Crippen LogP contribution in [0.5, 0.6) is 11.5 Å². The molecule has 1 aromatic carbocycles. The quantitative estimate of drug-likeness (QED) is 0.436. The number of piperidine rings is 2. The van der Waals surface area contributed by atoms with Crippen molar-refractivity contribution in [2.45, 2.75) is 90.4 Å². The summed E-state index contributed by atoms with van der Waals surface area (Å²) in [4.78, 5) is 29.7. The zero-order chi connectivity index (χ0) is 25.9. The minimum atomic E-state index is -0.768. The monoisotopic (exact) mass is 498 g/mol. The molecule has 198 valence electrons. The first-order valence-electron chi connectivity index (χ1n) is 13.6. The Bertz CT molecular complexity index is 974. The highest BCUT2D eigenvalue weighted by atomic mass is 16.6. The highest BCUT2D eigenvalue weighted by molar-refractivity contribution is 5.92. The molecule has 0 aromatic heterocycles. The smallest absolute Gasteiger partial charge is 0.306 e. The van der Waals surface area contributed by atoms with Gasteiger partial charge in [-0.15, -0.1) is 0 Å². The summed E-state index contributed by atoms with van der Waals surface area (Å²) < 4.78 is 12.5.